The zero-order valence-corrected chi connectivity index (χ0v) is 13.0. The molecule has 5 nitrogen and oxygen atoms in total. The molecule has 1 amide bonds. The van der Waals surface area contributed by atoms with Gasteiger partial charge < -0.3 is 14.8 Å². The highest BCUT2D eigenvalue weighted by atomic mass is 16.5. The fraction of sp³-hybridized carbons (Fsp3) is 0.529. The van der Waals surface area contributed by atoms with Crippen LogP contribution < -0.4 is 10.1 Å². The van der Waals surface area contributed by atoms with Gasteiger partial charge in [-0.1, -0.05) is 37.8 Å². The Hall–Kier alpha value is -2.04. The van der Waals surface area contributed by atoms with Crippen LogP contribution in [0.5, 0.6) is 5.75 Å². The lowest BCUT2D eigenvalue weighted by Crippen LogP contribution is -2.37. The van der Waals surface area contributed by atoms with E-state index < -0.39 is 5.97 Å². The van der Waals surface area contributed by atoms with Crippen LogP contribution in [0.25, 0.3) is 0 Å². The molecule has 0 heterocycles. The van der Waals surface area contributed by atoms with E-state index >= 15 is 0 Å². The number of methoxy groups -OCH3 is 1. The summed E-state index contributed by atoms with van der Waals surface area (Å²) in [6.07, 6.45) is 6.76. The van der Waals surface area contributed by atoms with Crippen LogP contribution in [-0.2, 0) is 9.53 Å². The van der Waals surface area contributed by atoms with Gasteiger partial charge in [0.25, 0.3) is 5.91 Å². The number of hydrogen-bond acceptors (Lipinski definition) is 4. The first-order valence-corrected chi connectivity index (χ1v) is 7.80. The molecule has 0 unspecified atom stereocenters. The Morgan fingerprint density at radius 2 is 1.82 bits per heavy atom. The van der Waals surface area contributed by atoms with E-state index in [4.69, 9.17) is 9.47 Å². The van der Waals surface area contributed by atoms with E-state index in [1.165, 1.54) is 20.0 Å². The number of nitrogens with one attached hydrogen (secondary N) is 1. The molecular formula is C17H23NO4. The van der Waals surface area contributed by atoms with Crippen molar-refractivity contribution in [3.05, 3.63) is 29.8 Å². The molecule has 0 aromatic heterocycles. The van der Waals surface area contributed by atoms with Crippen molar-refractivity contribution in [1.29, 1.82) is 0 Å². The van der Waals surface area contributed by atoms with Gasteiger partial charge >= 0.3 is 5.97 Å². The van der Waals surface area contributed by atoms with Gasteiger partial charge in [-0.05, 0) is 25.0 Å². The van der Waals surface area contributed by atoms with E-state index in [0.717, 1.165) is 25.7 Å². The first-order valence-electron chi connectivity index (χ1n) is 7.80. The second kappa shape index (κ2) is 8.41. The summed E-state index contributed by atoms with van der Waals surface area (Å²) in [5, 5.41) is 2.95. The monoisotopic (exact) mass is 305 g/mol. The Bertz CT molecular complexity index is 507. The lowest BCUT2D eigenvalue weighted by Gasteiger charge is -2.16. The largest absolute Gasteiger partial charge is 0.496 e. The average Bonchev–Trinajstić information content (AvgIpc) is 2.81. The van der Waals surface area contributed by atoms with Crippen molar-refractivity contribution in [2.45, 2.75) is 44.6 Å². The van der Waals surface area contributed by atoms with Gasteiger partial charge in [0.2, 0.25) is 0 Å². The molecule has 0 bridgehead atoms. The molecule has 0 radical (unpaired) electrons. The molecule has 0 atom stereocenters. The van der Waals surface area contributed by atoms with Crippen LogP contribution in [0.2, 0.25) is 0 Å². The van der Waals surface area contributed by atoms with Crippen LogP contribution >= 0.6 is 0 Å². The van der Waals surface area contributed by atoms with Crippen LogP contribution in [0.15, 0.2) is 24.3 Å². The number of ether oxygens (including phenoxy) is 2. The number of carbonyl (C=O) groups excluding carboxylic acids is 2. The third kappa shape index (κ3) is 4.76. The number of benzene rings is 1. The molecule has 5 heteroatoms. The highest BCUT2D eigenvalue weighted by molar-refractivity contribution is 5.93. The zero-order chi connectivity index (χ0) is 15.8. The molecule has 1 fully saturated rings. The highest BCUT2D eigenvalue weighted by Crippen LogP contribution is 2.19. The SMILES string of the molecule is COc1ccccc1C(=O)OCC(=O)NC1CCCCCC1. The summed E-state index contributed by atoms with van der Waals surface area (Å²) in [4.78, 5) is 23.9. The van der Waals surface area contributed by atoms with Gasteiger partial charge in [-0.25, -0.2) is 4.79 Å². The summed E-state index contributed by atoms with van der Waals surface area (Å²) in [5.74, 6) is -0.347. The normalized spacial score (nSPS) is 15.7. The molecule has 120 valence electrons. The number of para-hydroxylation sites is 1. The van der Waals surface area contributed by atoms with Gasteiger partial charge in [-0.2, -0.15) is 0 Å². The summed E-state index contributed by atoms with van der Waals surface area (Å²) in [6, 6.07) is 7.01. The van der Waals surface area contributed by atoms with Gasteiger partial charge in [0, 0.05) is 6.04 Å². The fourth-order valence-electron chi connectivity index (χ4n) is 2.72. The maximum absolute atomic E-state index is 12.0. The second-order valence-electron chi connectivity index (χ2n) is 5.53. The van der Waals surface area contributed by atoms with E-state index in [1.807, 2.05) is 0 Å². The molecule has 22 heavy (non-hydrogen) atoms. The minimum Gasteiger partial charge on any atom is -0.496 e. The minimum absolute atomic E-state index is 0.208. The lowest BCUT2D eigenvalue weighted by molar-refractivity contribution is -0.125. The van der Waals surface area contributed by atoms with Crippen LogP contribution in [0, 0.1) is 0 Å². The van der Waals surface area contributed by atoms with Crippen molar-refractivity contribution in [3.8, 4) is 5.75 Å². The standard InChI is InChI=1S/C17H23NO4/c1-21-15-11-7-6-10-14(15)17(20)22-12-16(19)18-13-8-4-2-3-5-9-13/h6-7,10-11,13H,2-5,8-9,12H2,1H3,(H,18,19). The maximum Gasteiger partial charge on any atom is 0.342 e. The molecule has 0 saturated heterocycles. The lowest BCUT2D eigenvalue weighted by atomic mass is 10.1. The van der Waals surface area contributed by atoms with E-state index in [0.29, 0.717) is 11.3 Å². The second-order valence-corrected chi connectivity index (χ2v) is 5.53. The first-order chi connectivity index (χ1) is 10.7. The van der Waals surface area contributed by atoms with E-state index in [1.54, 1.807) is 24.3 Å². The molecule has 0 spiro atoms. The van der Waals surface area contributed by atoms with Crippen molar-refractivity contribution < 1.29 is 19.1 Å². The van der Waals surface area contributed by atoms with Crippen molar-refractivity contribution in [1.82, 2.24) is 5.32 Å². The summed E-state index contributed by atoms with van der Waals surface area (Å²) in [5.41, 5.74) is 0.326. The Kier molecular flexibility index (Phi) is 6.25. The van der Waals surface area contributed by atoms with Gasteiger partial charge in [-0.15, -0.1) is 0 Å². The minimum atomic E-state index is -0.548. The molecule has 1 aromatic rings. The van der Waals surface area contributed by atoms with E-state index in [2.05, 4.69) is 5.32 Å². The van der Waals surface area contributed by atoms with Crippen LogP contribution in [0.1, 0.15) is 48.9 Å². The molecule has 1 aliphatic carbocycles. The van der Waals surface area contributed by atoms with E-state index in [-0.39, 0.29) is 18.6 Å². The molecule has 0 aliphatic heterocycles. The van der Waals surface area contributed by atoms with Crippen molar-refractivity contribution >= 4 is 11.9 Å². The van der Waals surface area contributed by atoms with Gasteiger partial charge in [-0.3, -0.25) is 4.79 Å². The summed E-state index contributed by atoms with van der Waals surface area (Å²) < 4.78 is 10.2. The Labute approximate surface area is 131 Å². The van der Waals surface area contributed by atoms with Crippen LogP contribution in [-0.4, -0.2) is 31.6 Å². The molecule has 1 aliphatic rings. The van der Waals surface area contributed by atoms with E-state index in [9.17, 15) is 9.59 Å². The van der Waals surface area contributed by atoms with Gasteiger partial charge in [0.1, 0.15) is 11.3 Å². The summed E-state index contributed by atoms with van der Waals surface area (Å²) in [7, 11) is 1.49. The molecule has 1 saturated carbocycles. The third-order valence-corrected chi connectivity index (χ3v) is 3.88. The Morgan fingerprint density at radius 3 is 2.50 bits per heavy atom. The average molecular weight is 305 g/mol. The Morgan fingerprint density at radius 1 is 1.14 bits per heavy atom. The number of hydrogen-bond donors (Lipinski definition) is 1. The number of rotatable bonds is 5. The predicted octanol–water partition coefficient (Wildman–Crippen LogP) is 2.69. The summed E-state index contributed by atoms with van der Waals surface area (Å²) in [6.45, 7) is -0.257. The number of carbonyl (C=O) groups is 2. The molecular weight excluding hydrogens is 282 g/mol. The first kappa shape index (κ1) is 16.3. The molecule has 2 rings (SSSR count). The van der Waals surface area contributed by atoms with Gasteiger partial charge in [0.05, 0.1) is 7.11 Å². The molecule has 1 N–H and O–H groups in total. The number of amides is 1. The fourth-order valence-corrected chi connectivity index (χ4v) is 2.72. The Balaban J connectivity index is 1.81. The van der Waals surface area contributed by atoms with Crippen LogP contribution in [0.3, 0.4) is 0 Å². The van der Waals surface area contributed by atoms with Crippen LogP contribution in [0.4, 0.5) is 0 Å². The van der Waals surface area contributed by atoms with Crippen molar-refractivity contribution in [2.75, 3.05) is 13.7 Å². The number of esters is 1. The quantitative estimate of drug-likeness (QED) is 0.671. The van der Waals surface area contributed by atoms with Crippen molar-refractivity contribution in [3.63, 3.8) is 0 Å². The third-order valence-electron chi connectivity index (χ3n) is 3.88. The smallest absolute Gasteiger partial charge is 0.342 e. The summed E-state index contributed by atoms with van der Waals surface area (Å²) >= 11 is 0. The predicted molar refractivity (Wildman–Crippen MR) is 82.9 cm³/mol. The van der Waals surface area contributed by atoms with Crippen molar-refractivity contribution in [2.24, 2.45) is 0 Å². The highest BCUT2D eigenvalue weighted by Gasteiger charge is 2.17. The molecule has 1 aromatic carbocycles. The zero-order valence-electron chi connectivity index (χ0n) is 13.0. The van der Waals surface area contributed by atoms with Gasteiger partial charge in [0.15, 0.2) is 6.61 Å². The maximum atomic E-state index is 12.0. The topological polar surface area (TPSA) is 64.6 Å².